The van der Waals surface area contributed by atoms with Gasteiger partial charge in [0.15, 0.2) is 0 Å². The highest BCUT2D eigenvalue weighted by atomic mass is 79.9. The van der Waals surface area contributed by atoms with E-state index in [0.29, 0.717) is 12.0 Å². The molecule has 0 fully saturated rings. The Balaban J connectivity index is 3.17. The first-order valence-electron chi connectivity index (χ1n) is 4.87. The maximum atomic E-state index is 12.7. The van der Waals surface area contributed by atoms with Gasteiger partial charge in [0.2, 0.25) is 0 Å². The molecule has 5 heteroatoms. The fourth-order valence-electron chi connectivity index (χ4n) is 1.48. The van der Waals surface area contributed by atoms with E-state index in [1.807, 2.05) is 0 Å². The molecule has 1 rings (SSSR count). The predicted molar refractivity (Wildman–Crippen MR) is 64.4 cm³/mol. The molecule has 0 heterocycles. The van der Waals surface area contributed by atoms with Gasteiger partial charge in [0.25, 0.3) is 0 Å². The summed E-state index contributed by atoms with van der Waals surface area (Å²) >= 11 is 2.90. The lowest BCUT2D eigenvalue weighted by atomic mass is 10.0. The minimum Gasteiger partial charge on any atom is -0.312 e. The van der Waals surface area contributed by atoms with Crippen molar-refractivity contribution in [3.05, 3.63) is 33.8 Å². The van der Waals surface area contributed by atoms with Crippen molar-refractivity contribution in [2.45, 2.75) is 18.6 Å². The molecule has 0 spiro atoms. The van der Waals surface area contributed by atoms with Gasteiger partial charge in [-0.25, -0.2) is 0 Å². The van der Waals surface area contributed by atoms with Gasteiger partial charge in [0, 0.05) is 16.9 Å². The molecule has 92 valence electrons. The van der Waals surface area contributed by atoms with Crippen LogP contribution in [0, 0.1) is 12.3 Å². The van der Waals surface area contributed by atoms with Crippen LogP contribution in [0.1, 0.15) is 23.6 Å². The Morgan fingerprint density at radius 3 is 2.59 bits per heavy atom. The molecule has 0 amide bonds. The second kappa shape index (κ2) is 5.56. The predicted octanol–water partition coefficient (Wildman–Crippen LogP) is 3.75. The summed E-state index contributed by atoms with van der Waals surface area (Å²) in [7, 11) is 1.66. The summed E-state index contributed by atoms with van der Waals surface area (Å²) in [6.07, 6.45) is 1.15. The number of halogens is 4. The van der Waals surface area contributed by atoms with E-state index in [-0.39, 0.29) is 10.5 Å². The van der Waals surface area contributed by atoms with E-state index >= 15 is 0 Å². The Hall–Kier alpha value is -0.990. The molecule has 17 heavy (non-hydrogen) atoms. The Morgan fingerprint density at radius 1 is 1.47 bits per heavy atom. The van der Waals surface area contributed by atoms with Gasteiger partial charge < -0.3 is 5.32 Å². The fraction of sp³-hybridized carbons (Fsp3) is 0.333. The molecule has 0 aliphatic heterocycles. The molecule has 1 aromatic carbocycles. The Kier molecular flexibility index (Phi) is 4.61. The fourth-order valence-corrected chi connectivity index (χ4v) is 1.95. The third-order valence-corrected chi connectivity index (χ3v) is 3.06. The van der Waals surface area contributed by atoms with E-state index < -0.39 is 11.7 Å². The first-order valence-corrected chi connectivity index (χ1v) is 5.66. The van der Waals surface area contributed by atoms with Crippen LogP contribution in [-0.4, -0.2) is 7.05 Å². The maximum Gasteiger partial charge on any atom is 0.417 e. The summed E-state index contributed by atoms with van der Waals surface area (Å²) in [5.74, 6) is 2.43. The summed E-state index contributed by atoms with van der Waals surface area (Å²) < 4.78 is 38.1. The van der Waals surface area contributed by atoms with Crippen LogP contribution < -0.4 is 5.32 Å². The highest BCUT2D eigenvalue weighted by Crippen LogP contribution is 2.36. The highest BCUT2D eigenvalue weighted by Gasteiger charge is 2.33. The lowest BCUT2D eigenvalue weighted by Crippen LogP contribution is -2.17. The van der Waals surface area contributed by atoms with Gasteiger partial charge in [-0.15, -0.1) is 12.3 Å². The molecule has 1 unspecified atom stereocenters. The van der Waals surface area contributed by atoms with Gasteiger partial charge >= 0.3 is 6.18 Å². The van der Waals surface area contributed by atoms with Crippen molar-refractivity contribution in [1.29, 1.82) is 0 Å². The average Bonchev–Trinajstić information content (AvgIpc) is 2.25. The highest BCUT2D eigenvalue weighted by molar-refractivity contribution is 9.10. The molecule has 1 aromatic rings. The second-order valence-corrected chi connectivity index (χ2v) is 4.34. The van der Waals surface area contributed by atoms with Crippen LogP contribution in [0.4, 0.5) is 13.2 Å². The third kappa shape index (κ3) is 3.48. The minimum absolute atomic E-state index is 0.0318. The standard InChI is InChI=1S/C12H11BrF3N/c1-3-4-11(17-2)8-5-6-10(13)9(7-8)12(14,15)16/h1,5-7,11,17H,4H2,2H3. The summed E-state index contributed by atoms with van der Waals surface area (Å²) in [6.45, 7) is 0. The van der Waals surface area contributed by atoms with Crippen molar-refractivity contribution in [1.82, 2.24) is 5.32 Å². The van der Waals surface area contributed by atoms with Crippen LogP contribution in [0.5, 0.6) is 0 Å². The summed E-state index contributed by atoms with van der Waals surface area (Å²) in [6, 6.07) is 3.86. The second-order valence-electron chi connectivity index (χ2n) is 3.49. The quantitative estimate of drug-likeness (QED) is 0.839. The monoisotopic (exact) mass is 305 g/mol. The van der Waals surface area contributed by atoms with Crippen LogP contribution in [0.2, 0.25) is 0 Å². The van der Waals surface area contributed by atoms with Gasteiger partial charge in [0.1, 0.15) is 0 Å². The zero-order valence-corrected chi connectivity index (χ0v) is 10.7. The summed E-state index contributed by atoms with van der Waals surface area (Å²) in [5, 5.41) is 2.89. The van der Waals surface area contributed by atoms with Crippen LogP contribution in [-0.2, 0) is 6.18 Å². The normalized spacial score (nSPS) is 13.2. The average molecular weight is 306 g/mol. The first-order chi connectivity index (χ1) is 7.90. The van der Waals surface area contributed by atoms with Crippen LogP contribution >= 0.6 is 15.9 Å². The number of rotatable bonds is 3. The Morgan fingerprint density at radius 2 is 2.12 bits per heavy atom. The summed E-state index contributed by atoms with van der Waals surface area (Å²) in [4.78, 5) is 0. The van der Waals surface area contributed by atoms with Crippen LogP contribution in [0.3, 0.4) is 0 Å². The molecule has 0 aromatic heterocycles. The zero-order chi connectivity index (χ0) is 13.1. The zero-order valence-electron chi connectivity index (χ0n) is 9.11. The largest absolute Gasteiger partial charge is 0.417 e. The Bertz CT molecular complexity index is 434. The molecule has 0 aliphatic rings. The van der Waals surface area contributed by atoms with Crippen LogP contribution in [0.15, 0.2) is 22.7 Å². The van der Waals surface area contributed by atoms with E-state index in [2.05, 4.69) is 27.2 Å². The number of nitrogens with one attached hydrogen (secondary N) is 1. The lowest BCUT2D eigenvalue weighted by Gasteiger charge is -2.17. The van der Waals surface area contributed by atoms with Gasteiger partial charge in [-0.1, -0.05) is 22.0 Å². The maximum absolute atomic E-state index is 12.7. The first kappa shape index (κ1) is 14.1. The van der Waals surface area contributed by atoms with Crippen molar-refractivity contribution < 1.29 is 13.2 Å². The van der Waals surface area contributed by atoms with Crippen molar-refractivity contribution >= 4 is 15.9 Å². The van der Waals surface area contributed by atoms with Gasteiger partial charge in [-0.2, -0.15) is 13.2 Å². The molecule has 0 saturated carbocycles. The number of alkyl halides is 3. The van der Waals surface area contributed by atoms with E-state index in [4.69, 9.17) is 6.42 Å². The molecule has 1 atom stereocenters. The third-order valence-electron chi connectivity index (χ3n) is 2.37. The number of hydrogen-bond acceptors (Lipinski definition) is 1. The summed E-state index contributed by atoms with van der Waals surface area (Å²) in [5.41, 5.74) is -0.159. The van der Waals surface area contributed by atoms with Crippen LogP contribution in [0.25, 0.3) is 0 Å². The molecule has 0 bridgehead atoms. The van der Waals surface area contributed by atoms with Crippen molar-refractivity contribution in [2.24, 2.45) is 0 Å². The smallest absolute Gasteiger partial charge is 0.312 e. The molecule has 0 saturated heterocycles. The van der Waals surface area contributed by atoms with Crippen molar-refractivity contribution in [3.63, 3.8) is 0 Å². The number of benzene rings is 1. The Labute approximate surface area is 107 Å². The van der Waals surface area contributed by atoms with Gasteiger partial charge in [0.05, 0.1) is 5.56 Å². The van der Waals surface area contributed by atoms with Crippen molar-refractivity contribution in [2.75, 3.05) is 7.05 Å². The SMILES string of the molecule is C#CCC(NC)c1ccc(Br)c(C(F)(F)F)c1. The molecule has 0 aliphatic carbocycles. The molecule has 1 N–H and O–H groups in total. The van der Waals surface area contributed by atoms with E-state index in [0.717, 1.165) is 6.07 Å². The lowest BCUT2D eigenvalue weighted by molar-refractivity contribution is -0.138. The molecular formula is C12H11BrF3N. The molecule has 0 radical (unpaired) electrons. The molecule has 1 nitrogen and oxygen atoms in total. The van der Waals surface area contributed by atoms with E-state index in [1.54, 1.807) is 13.1 Å². The van der Waals surface area contributed by atoms with Gasteiger partial charge in [-0.05, 0) is 24.7 Å². The topological polar surface area (TPSA) is 12.0 Å². The minimum atomic E-state index is -4.37. The van der Waals surface area contributed by atoms with Gasteiger partial charge in [-0.3, -0.25) is 0 Å². The van der Waals surface area contributed by atoms with Crippen molar-refractivity contribution in [3.8, 4) is 12.3 Å². The number of hydrogen-bond donors (Lipinski definition) is 1. The van der Waals surface area contributed by atoms with E-state index in [9.17, 15) is 13.2 Å². The number of terminal acetylenes is 1. The molecular weight excluding hydrogens is 295 g/mol. The van der Waals surface area contributed by atoms with E-state index in [1.165, 1.54) is 6.07 Å².